The molecule has 0 fully saturated rings. The second-order valence-electron chi connectivity index (χ2n) is 14.8. The van der Waals surface area contributed by atoms with Crippen LogP contribution in [0.4, 0.5) is 0 Å². The van der Waals surface area contributed by atoms with E-state index in [2.05, 4.69) is 43.6 Å². The van der Waals surface area contributed by atoms with Crippen LogP contribution in [0.25, 0.3) is 0 Å². The normalized spacial score (nSPS) is 11.1. The van der Waals surface area contributed by atoms with E-state index in [1.54, 1.807) is 0 Å². The Morgan fingerprint density at radius 2 is 0.980 bits per heavy atom. The largest absolute Gasteiger partial charge is 0.466 e. The molecule has 51 heavy (non-hydrogen) atoms. The number of carbonyl (C=O) groups excluding carboxylic acids is 2. The first-order chi connectivity index (χ1) is 25.1. The Labute approximate surface area is 316 Å². The van der Waals surface area contributed by atoms with Crippen molar-refractivity contribution >= 4 is 11.9 Å². The lowest BCUT2D eigenvalue weighted by atomic mass is 10.0. The first-order valence-corrected chi connectivity index (χ1v) is 22.0. The van der Waals surface area contributed by atoms with Crippen molar-refractivity contribution in [2.45, 2.75) is 232 Å². The average Bonchev–Trinajstić information content (AvgIpc) is 3.12. The molecule has 0 saturated carbocycles. The Kier molecular flexibility index (Phi) is 39.1. The second kappa shape index (κ2) is 40.7. The Balaban J connectivity index is 4.14. The highest BCUT2D eigenvalue weighted by molar-refractivity contribution is 5.69. The molecule has 0 N–H and O–H groups in total. The summed E-state index contributed by atoms with van der Waals surface area (Å²) in [5.74, 6) is 6.19. The van der Waals surface area contributed by atoms with Crippen molar-refractivity contribution in [2.24, 2.45) is 0 Å². The topological polar surface area (TPSA) is 79.6 Å². The van der Waals surface area contributed by atoms with Gasteiger partial charge in [0.25, 0.3) is 0 Å². The van der Waals surface area contributed by atoms with Gasteiger partial charge in [0.2, 0.25) is 0 Å². The van der Waals surface area contributed by atoms with E-state index in [0.717, 1.165) is 110 Å². The van der Waals surface area contributed by atoms with Crippen molar-refractivity contribution < 1.29 is 19.1 Å². The van der Waals surface area contributed by atoms with Gasteiger partial charge in [0, 0.05) is 32.1 Å². The van der Waals surface area contributed by atoms with Crippen LogP contribution in [0.2, 0.25) is 0 Å². The molecule has 0 rings (SSSR count). The summed E-state index contributed by atoms with van der Waals surface area (Å²) in [5.41, 5.74) is 0. The van der Waals surface area contributed by atoms with Crippen molar-refractivity contribution in [3.63, 3.8) is 0 Å². The number of nitrogens with zero attached hydrogens (tertiary/aromatic N) is 2. The highest BCUT2D eigenvalue weighted by Crippen LogP contribution is 2.18. The predicted octanol–water partition coefficient (Wildman–Crippen LogP) is 12.8. The monoisotopic (exact) mass is 715 g/mol. The van der Waals surface area contributed by atoms with Crippen LogP contribution < -0.4 is 0 Å². The van der Waals surface area contributed by atoms with E-state index in [4.69, 9.17) is 14.7 Å². The fraction of sp³-hybridized carbons (Fsp3) is 0.889. The molecule has 0 atom stereocenters. The molecule has 0 saturated heterocycles. The fourth-order valence-corrected chi connectivity index (χ4v) is 6.52. The van der Waals surface area contributed by atoms with Crippen LogP contribution in [0.3, 0.4) is 0 Å². The molecule has 0 spiro atoms. The Morgan fingerprint density at radius 1 is 0.510 bits per heavy atom. The number of rotatable bonds is 38. The van der Waals surface area contributed by atoms with Crippen LogP contribution in [-0.2, 0) is 19.1 Å². The average molecular weight is 715 g/mol. The summed E-state index contributed by atoms with van der Waals surface area (Å²) in [5, 5.41) is 9.01. The van der Waals surface area contributed by atoms with E-state index >= 15 is 0 Å². The summed E-state index contributed by atoms with van der Waals surface area (Å²) in [6, 6.07) is 2.29. The van der Waals surface area contributed by atoms with Crippen LogP contribution in [-0.4, -0.2) is 49.2 Å². The number of esters is 2. The smallest absolute Gasteiger partial charge is 0.306 e. The zero-order valence-electron chi connectivity index (χ0n) is 34.1. The summed E-state index contributed by atoms with van der Waals surface area (Å²) in [4.78, 5) is 27.2. The predicted molar refractivity (Wildman–Crippen MR) is 215 cm³/mol. The maximum atomic E-state index is 12.7. The zero-order chi connectivity index (χ0) is 37.3. The molecule has 0 bridgehead atoms. The molecule has 0 amide bonds. The number of nitriles is 1. The van der Waals surface area contributed by atoms with Crippen molar-refractivity contribution in [1.29, 1.82) is 5.26 Å². The molecule has 6 nitrogen and oxygen atoms in total. The standard InChI is InChI=1S/C45H82N2O4/c1-4-7-10-13-18-25-34-43(35-26-19-14-11-8-5-2)51-45(49)37-28-21-17-23-31-40-47(41-32-29-38-46)39-30-22-16-20-27-36-44(48)50-42-33-24-15-12-9-6-3/h43H,4-11,13-14,16-37,39-42H2,1-3H3. The maximum absolute atomic E-state index is 12.7. The lowest BCUT2D eigenvalue weighted by Gasteiger charge is -2.22. The van der Waals surface area contributed by atoms with Gasteiger partial charge in [-0.1, -0.05) is 124 Å². The number of unbranched alkanes of at least 4 members (excludes halogenated alkanes) is 21. The van der Waals surface area contributed by atoms with Crippen LogP contribution in [0.15, 0.2) is 0 Å². The lowest BCUT2D eigenvalue weighted by Crippen LogP contribution is -2.27. The third kappa shape index (κ3) is 37.5. The van der Waals surface area contributed by atoms with Crippen LogP contribution in [0.1, 0.15) is 226 Å². The van der Waals surface area contributed by atoms with Gasteiger partial charge in [-0.15, -0.1) is 11.8 Å². The molecular weight excluding hydrogens is 633 g/mol. The summed E-state index contributed by atoms with van der Waals surface area (Å²) in [6.45, 7) is 10.3. The summed E-state index contributed by atoms with van der Waals surface area (Å²) in [6.07, 6.45) is 34.8. The van der Waals surface area contributed by atoms with Gasteiger partial charge in [0.05, 0.1) is 12.7 Å². The van der Waals surface area contributed by atoms with E-state index < -0.39 is 0 Å². The molecule has 0 aliphatic heterocycles. The molecule has 6 heteroatoms. The first-order valence-electron chi connectivity index (χ1n) is 22.0. The van der Waals surface area contributed by atoms with Gasteiger partial charge in [-0.05, 0) is 90.3 Å². The molecule has 0 aromatic heterocycles. The first kappa shape index (κ1) is 49.0. The lowest BCUT2D eigenvalue weighted by molar-refractivity contribution is -0.150. The molecule has 0 aliphatic carbocycles. The Hall–Kier alpha value is -2.05. The number of carbonyl (C=O) groups is 2. The van der Waals surface area contributed by atoms with Gasteiger partial charge < -0.3 is 14.4 Å². The molecule has 0 aliphatic rings. The minimum Gasteiger partial charge on any atom is -0.466 e. The fourth-order valence-electron chi connectivity index (χ4n) is 6.52. The second-order valence-corrected chi connectivity index (χ2v) is 14.8. The SMILES string of the molecule is CCCC#CCCCOC(=O)CCCCCCCN(CCCC#N)CCCCCCCC(=O)OC(CCCCCCCC)CCCCCCCC. The van der Waals surface area contributed by atoms with Crippen molar-refractivity contribution in [2.75, 3.05) is 26.2 Å². The van der Waals surface area contributed by atoms with Gasteiger partial charge in [-0.2, -0.15) is 5.26 Å². The van der Waals surface area contributed by atoms with Gasteiger partial charge >= 0.3 is 11.9 Å². The maximum Gasteiger partial charge on any atom is 0.306 e. The van der Waals surface area contributed by atoms with Gasteiger partial charge in [-0.3, -0.25) is 9.59 Å². The molecule has 296 valence electrons. The van der Waals surface area contributed by atoms with Crippen molar-refractivity contribution in [1.82, 2.24) is 4.90 Å². The van der Waals surface area contributed by atoms with Crippen LogP contribution in [0, 0.1) is 23.2 Å². The minimum atomic E-state index is -0.0774. The Bertz CT molecular complexity index is 858. The molecule has 0 heterocycles. The highest BCUT2D eigenvalue weighted by atomic mass is 16.5. The van der Waals surface area contributed by atoms with E-state index in [1.165, 1.54) is 96.3 Å². The van der Waals surface area contributed by atoms with E-state index in [9.17, 15) is 9.59 Å². The Morgan fingerprint density at radius 3 is 1.53 bits per heavy atom. The third-order valence-electron chi connectivity index (χ3n) is 9.74. The van der Waals surface area contributed by atoms with Gasteiger partial charge in [0.1, 0.15) is 6.10 Å². The third-order valence-corrected chi connectivity index (χ3v) is 9.74. The minimum absolute atomic E-state index is 0.0137. The van der Waals surface area contributed by atoms with E-state index in [-0.39, 0.29) is 18.0 Å². The summed E-state index contributed by atoms with van der Waals surface area (Å²) >= 11 is 0. The molecular formula is C45H82N2O4. The number of hydrogen-bond donors (Lipinski definition) is 0. The number of hydrogen-bond acceptors (Lipinski definition) is 6. The van der Waals surface area contributed by atoms with Crippen LogP contribution in [0.5, 0.6) is 0 Å². The summed E-state index contributed by atoms with van der Waals surface area (Å²) < 4.78 is 11.4. The quantitative estimate of drug-likeness (QED) is 0.0360. The highest BCUT2D eigenvalue weighted by Gasteiger charge is 2.14. The van der Waals surface area contributed by atoms with Crippen molar-refractivity contribution in [3.8, 4) is 17.9 Å². The van der Waals surface area contributed by atoms with E-state index in [0.29, 0.717) is 25.9 Å². The van der Waals surface area contributed by atoms with Gasteiger partial charge in [0.15, 0.2) is 0 Å². The molecule has 0 aromatic rings. The molecule has 0 aromatic carbocycles. The zero-order valence-corrected chi connectivity index (χ0v) is 34.1. The molecule has 0 unspecified atom stereocenters. The summed E-state index contributed by atoms with van der Waals surface area (Å²) in [7, 11) is 0. The van der Waals surface area contributed by atoms with Gasteiger partial charge in [-0.25, -0.2) is 0 Å². The van der Waals surface area contributed by atoms with E-state index in [1.807, 2.05) is 0 Å². The molecule has 0 radical (unpaired) electrons. The van der Waals surface area contributed by atoms with Crippen molar-refractivity contribution in [3.05, 3.63) is 0 Å². The van der Waals surface area contributed by atoms with Crippen LogP contribution >= 0.6 is 0 Å². The number of ether oxygens (including phenoxy) is 2.